The molecule has 104 valence electrons. The van der Waals surface area contributed by atoms with Crippen LogP contribution in [0.4, 0.5) is 10.1 Å². The number of nitrogen functional groups attached to an aromatic ring is 1. The van der Waals surface area contributed by atoms with Crippen LogP contribution in [0.15, 0.2) is 42.5 Å². The van der Waals surface area contributed by atoms with Crippen molar-refractivity contribution in [3.63, 3.8) is 0 Å². The standard InChI is InChI=1S/C15H14ClFN2O/c16-13-9-11(3-6-14(13)18)15(20)19-8-7-10-1-4-12(17)5-2-10/h1-6,9H,7-8,18H2,(H,19,20). The van der Waals surface area contributed by atoms with Gasteiger partial charge < -0.3 is 11.1 Å². The fraction of sp³-hybridized carbons (Fsp3) is 0.133. The minimum absolute atomic E-state index is 0.214. The first kappa shape index (κ1) is 14.3. The largest absolute Gasteiger partial charge is 0.398 e. The van der Waals surface area contributed by atoms with Crippen molar-refractivity contribution in [2.24, 2.45) is 0 Å². The molecule has 0 atom stereocenters. The smallest absolute Gasteiger partial charge is 0.251 e. The zero-order valence-electron chi connectivity index (χ0n) is 10.7. The summed E-state index contributed by atoms with van der Waals surface area (Å²) in [6.07, 6.45) is 0.634. The van der Waals surface area contributed by atoms with Crippen LogP contribution in [0.3, 0.4) is 0 Å². The Morgan fingerprint density at radius 2 is 1.90 bits per heavy atom. The van der Waals surface area contributed by atoms with Crippen LogP contribution in [-0.2, 0) is 6.42 Å². The van der Waals surface area contributed by atoms with Gasteiger partial charge in [0.15, 0.2) is 0 Å². The molecule has 0 aliphatic carbocycles. The average molecular weight is 293 g/mol. The summed E-state index contributed by atoms with van der Waals surface area (Å²) in [5, 5.41) is 3.13. The Morgan fingerprint density at radius 1 is 1.20 bits per heavy atom. The summed E-state index contributed by atoms with van der Waals surface area (Å²) in [4.78, 5) is 11.9. The molecule has 3 N–H and O–H groups in total. The number of rotatable bonds is 4. The summed E-state index contributed by atoms with van der Waals surface area (Å²) in [6, 6.07) is 10.9. The molecule has 0 saturated carbocycles. The van der Waals surface area contributed by atoms with Crippen molar-refractivity contribution >= 4 is 23.2 Å². The lowest BCUT2D eigenvalue weighted by molar-refractivity contribution is 0.0954. The molecule has 2 aromatic carbocycles. The van der Waals surface area contributed by atoms with E-state index in [1.54, 1.807) is 24.3 Å². The molecule has 5 heteroatoms. The van der Waals surface area contributed by atoms with Gasteiger partial charge in [0.2, 0.25) is 0 Å². The lowest BCUT2D eigenvalue weighted by Gasteiger charge is -2.06. The van der Waals surface area contributed by atoms with Gasteiger partial charge in [0.25, 0.3) is 5.91 Å². The number of carbonyl (C=O) groups is 1. The van der Waals surface area contributed by atoms with Gasteiger partial charge in [0.05, 0.1) is 10.7 Å². The maximum Gasteiger partial charge on any atom is 0.251 e. The third-order valence-electron chi connectivity index (χ3n) is 2.88. The molecule has 0 heterocycles. The van der Waals surface area contributed by atoms with Gasteiger partial charge >= 0.3 is 0 Å². The topological polar surface area (TPSA) is 55.1 Å². The van der Waals surface area contributed by atoms with Crippen molar-refractivity contribution in [1.29, 1.82) is 0 Å². The molecule has 0 bridgehead atoms. The van der Waals surface area contributed by atoms with Gasteiger partial charge in [-0.15, -0.1) is 0 Å². The lowest BCUT2D eigenvalue weighted by atomic mass is 10.1. The number of halogens is 2. The molecule has 0 aliphatic heterocycles. The lowest BCUT2D eigenvalue weighted by Crippen LogP contribution is -2.25. The molecule has 0 aliphatic rings. The predicted molar refractivity (Wildman–Crippen MR) is 78.3 cm³/mol. The minimum atomic E-state index is -0.269. The maximum absolute atomic E-state index is 12.7. The Balaban J connectivity index is 1.88. The van der Waals surface area contributed by atoms with Crippen LogP contribution in [0, 0.1) is 5.82 Å². The number of anilines is 1. The van der Waals surface area contributed by atoms with E-state index < -0.39 is 0 Å². The molecular weight excluding hydrogens is 279 g/mol. The van der Waals surface area contributed by atoms with Crippen LogP contribution < -0.4 is 11.1 Å². The molecule has 0 spiro atoms. The molecule has 0 fully saturated rings. The molecule has 3 nitrogen and oxygen atoms in total. The van der Waals surface area contributed by atoms with Gasteiger partial charge in [-0.25, -0.2) is 4.39 Å². The van der Waals surface area contributed by atoms with Gasteiger partial charge in [0, 0.05) is 12.1 Å². The number of benzene rings is 2. The highest BCUT2D eigenvalue weighted by molar-refractivity contribution is 6.33. The van der Waals surface area contributed by atoms with Crippen LogP contribution in [0.1, 0.15) is 15.9 Å². The van der Waals surface area contributed by atoms with E-state index in [1.807, 2.05) is 0 Å². The molecule has 20 heavy (non-hydrogen) atoms. The predicted octanol–water partition coefficient (Wildman–Crippen LogP) is 3.03. The van der Waals surface area contributed by atoms with E-state index in [2.05, 4.69) is 5.32 Å². The highest BCUT2D eigenvalue weighted by Gasteiger charge is 2.07. The first-order valence-corrected chi connectivity index (χ1v) is 6.52. The normalized spacial score (nSPS) is 10.3. The molecular formula is C15H14ClFN2O. The second-order valence-electron chi connectivity index (χ2n) is 4.37. The minimum Gasteiger partial charge on any atom is -0.398 e. The number of hydrogen-bond acceptors (Lipinski definition) is 2. The van der Waals surface area contributed by atoms with Crippen LogP contribution in [-0.4, -0.2) is 12.5 Å². The monoisotopic (exact) mass is 292 g/mol. The third kappa shape index (κ3) is 3.71. The number of hydrogen-bond donors (Lipinski definition) is 2. The third-order valence-corrected chi connectivity index (χ3v) is 3.20. The maximum atomic E-state index is 12.7. The van der Waals surface area contributed by atoms with E-state index in [0.717, 1.165) is 5.56 Å². The first-order valence-electron chi connectivity index (χ1n) is 6.14. The average Bonchev–Trinajstić information content (AvgIpc) is 2.44. The van der Waals surface area contributed by atoms with Crippen LogP contribution in [0.2, 0.25) is 5.02 Å². The van der Waals surface area contributed by atoms with Crippen LogP contribution >= 0.6 is 11.6 Å². The van der Waals surface area contributed by atoms with Crippen LogP contribution in [0.5, 0.6) is 0 Å². The van der Waals surface area contributed by atoms with Crippen molar-refractivity contribution in [3.8, 4) is 0 Å². The molecule has 1 amide bonds. The molecule has 0 unspecified atom stereocenters. The molecule has 0 radical (unpaired) electrons. The van der Waals surface area contributed by atoms with Gasteiger partial charge in [-0.2, -0.15) is 0 Å². The van der Waals surface area contributed by atoms with Crippen molar-refractivity contribution in [3.05, 3.63) is 64.4 Å². The second-order valence-corrected chi connectivity index (χ2v) is 4.78. The van der Waals surface area contributed by atoms with E-state index >= 15 is 0 Å². The fourth-order valence-electron chi connectivity index (χ4n) is 1.74. The Bertz CT molecular complexity index is 614. The zero-order valence-corrected chi connectivity index (χ0v) is 11.5. The Kier molecular flexibility index (Phi) is 4.58. The van der Waals surface area contributed by atoms with Crippen molar-refractivity contribution in [1.82, 2.24) is 5.32 Å². The van der Waals surface area contributed by atoms with Gasteiger partial charge in [0.1, 0.15) is 5.82 Å². The van der Waals surface area contributed by atoms with E-state index in [9.17, 15) is 9.18 Å². The summed E-state index contributed by atoms with van der Waals surface area (Å²) < 4.78 is 12.7. The van der Waals surface area contributed by atoms with E-state index in [1.165, 1.54) is 18.2 Å². The van der Waals surface area contributed by atoms with Gasteiger partial charge in [-0.3, -0.25) is 4.79 Å². The summed E-state index contributed by atoms with van der Waals surface area (Å²) in [7, 11) is 0. The number of nitrogens with two attached hydrogens (primary N) is 1. The summed E-state index contributed by atoms with van der Waals surface area (Å²) in [5.41, 5.74) is 7.44. The Morgan fingerprint density at radius 3 is 2.55 bits per heavy atom. The van der Waals surface area contributed by atoms with Crippen molar-refractivity contribution in [2.45, 2.75) is 6.42 Å². The molecule has 2 aromatic rings. The fourth-order valence-corrected chi connectivity index (χ4v) is 1.92. The van der Waals surface area contributed by atoms with E-state index in [0.29, 0.717) is 29.2 Å². The second kappa shape index (κ2) is 6.39. The Labute approximate surface area is 121 Å². The summed E-state index contributed by atoms with van der Waals surface area (Å²) >= 11 is 5.86. The SMILES string of the molecule is Nc1ccc(C(=O)NCCc2ccc(F)cc2)cc1Cl. The van der Waals surface area contributed by atoms with E-state index in [-0.39, 0.29) is 11.7 Å². The van der Waals surface area contributed by atoms with E-state index in [4.69, 9.17) is 17.3 Å². The molecule has 0 saturated heterocycles. The highest BCUT2D eigenvalue weighted by Crippen LogP contribution is 2.19. The number of nitrogens with one attached hydrogen (secondary N) is 1. The van der Waals surface area contributed by atoms with Crippen LogP contribution in [0.25, 0.3) is 0 Å². The highest BCUT2D eigenvalue weighted by atomic mass is 35.5. The van der Waals surface area contributed by atoms with Crippen molar-refractivity contribution < 1.29 is 9.18 Å². The first-order chi connectivity index (χ1) is 9.56. The zero-order chi connectivity index (χ0) is 14.5. The molecule has 2 rings (SSSR count). The number of carbonyl (C=O) groups excluding carboxylic acids is 1. The number of amides is 1. The molecule has 0 aromatic heterocycles. The quantitative estimate of drug-likeness (QED) is 0.851. The van der Waals surface area contributed by atoms with Gasteiger partial charge in [-0.1, -0.05) is 23.7 Å². The van der Waals surface area contributed by atoms with Gasteiger partial charge in [-0.05, 0) is 42.3 Å². The summed E-state index contributed by atoms with van der Waals surface area (Å²) in [6.45, 7) is 0.465. The van der Waals surface area contributed by atoms with Crippen molar-refractivity contribution in [2.75, 3.05) is 12.3 Å². The summed E-state index contributed by atoms with van der Waals surface area (Å²) in [5.74, 6) is -0.483. The Hall–Kier alpha value is -2.07.